The lowest BCUT2D eigenvalue weighted by Gasteiger charge is -2.51. The molecular formula is C23H27NO3S2. The van der Waals surface area contributed by atoms with Crippen molar-refractivity contribution in [2.75, 3.05) is 18.1 Å². The van der Waals surface area contributed by atoms with Crippen molar-refractivity contribution in [1.29, 1.82) is 0 Å². The van der Waals surface area contributed by atoms with E-state index >= 15 is 0 Å². The molecule has 1 aromatic carbocycles. The summed E-state index contributed by atoms with van der Waals surface area (Å²) in [5, 5.41) is 0.899. The lowest BCUT2D eigenvalue weighted by atomic mass is 9.67. The van der Waals surface area contributed by atoms with E-state index in [9.17, 15) is 9.59 Å². The van der Waals surface area contributed by atoms with Crippen LogP contribution in [-0.2, 0) is 9.53 Å². The maximum Gasteiger partial charge on any atom is 0.309 e. The number of carbonyl (C=O) groups is 2. The van der Waals surface area contributed by atoms with Crippen LogP contribution in [0.15, 0.2) is 24.3 Å². The SMILES string of the molecule is Cc1[nH]c2ccccc2c1C(=O)COC(=O)C1CC2CCCC(C1)C21SCCS1. The number of aromatic amines is 1. The summed E-state index contributed by atoms with van der Waals surface area (Å²) < 4.78 is 5.92. The average Bonchev–Trinajstić information content (AvgIpc) is 3.30. The molecule has 4 nitrogen and oxygen atoms in total. The second kappa shape index (κ2) is 7.69. The molecule has 1 aromatic heterocycles. The summed E-state index contributed by atoms with van der Waals surface area (Å²) in [6.07, 6.45) is 5.60. The van der Waals surface area contributed by atoms with Gasteiger partial charge in [0.15, 0.2) is 6.61 Å². The first-order valence-corrected chi connectivity index (χ1v) is 12.6. The largest absolute Gasteiger partial charge is 0.457 e. The number of nitrogens with one attached hydrogen (secondary N) is 1. The molecule has 2 unspecified atom stereocenters. The molecule has 2 aliphatic carbocycles. The number of fused-ring (bicyclic) bond motifs is 1. The van der Waals surface area contributed by atoms with Crippen molar-refractivity contribution in [2.45, 2.75) is 43.1 Å². The molecule has 6 heteroatoms. The van der Waals surface area contributed by atoms with Gasteiger partial charge in [-0.3, -0.25) is 9.59 Å². The molecule has 0 radical (unpaired) electrons. The van der Waals surface area contributed by atoms with Crippen LogP contribution in [0.25, 0.3) is 10.9 Å². The monoisotopic (exact) mass is 429 g/mol. The minimum Gasteiger partial charge on any atom is -0.457 e. The van der Waals surface area contributed by atoms with Crippen LogP contribution < -0.4 is 0 Å². The Hall–Kier alpha value is -1.40. The smallest absolute Gasteiger partial charge is 0.309 e. The van der Waals surface area contributed by atoms with Gasteiger partial charge in [-0.05, 0) is 50.5 Å². The molecule has 1 spiro atoms. The van der Waals surface area contributed by atoms with Crippen LogP contribution in [0.5, 0.6) is 0 Å². The van der Waals surface area contributed by atoms with Gasteiger partial charge in [-0.25, -0.2) is 0 Å². The Kier molecular flexibility index (Phi) is 5.19. The van der Waals surface area contributed by atoms with Gasteiger partial charge in [-0.15, -0.1) is 23.5 Å². The number of esters is 1. The predicted octanol–water partition coefficient (Wildman–Crippen LogP) is 5.20. The molecule has 2 heterocycles. The van der Waals surface area contributed by atoms with Crippen LogP contribution in [0.2, 0.25) is 0 Å². The van der Waals surface area contributed by atoms with Crippen LogP contribution in [0.1, 0.15) is 48.2 Å². The van der Waals surface area contributed by atoms with E-state index in [4.69, 9.17) is 4.74 Å². The zero-order chi connectivity index (χ0) is 20.0. The number of ether oxygens (including phenoxy) is 1. The average molecular weight is 430 g/mol. The Balaban J connectivity index is 1.25. The molecule has 0 amide bonds. The van der Waals surface area contributed by atoms with Gasteiger partial charge in [-0.2, -0.15) is 0 Å². The number of hydrogen-bond donors (Lipinski definition) is 1. The van der Waals surface area contributed by atoms with Crippen LogP contribution in [0.4, 0.5) is 0 Å². The summed E-state index contributed by atoms with van der Waals surface area (Å²) in [4.78, 5) is 28.9. The van der Waals surface area contributed by atoms with Crippen molar-refractivity contribution in [3.05, 3.63) is 35.5 Å². The molecular weight excluding hydrogens is 402 g/mol. The van der Waals surface area contributed by atoms with Gasteiger partial charge in [0.05, 0.1) is 10.00 Å². The van der Waals surface area contributed by atoms with Gasteiger partial charge in [0.1, 0.15) is 0 Å². The highest BCUT2D eigenvalue weighted by molar-refractivity contribution is 8.21. The van der Waals surface area contributed by atoms with Crippen LogP contribution >= 0.6 is 23.5 Å². The number of aryl methyl sites for hydroxylation is 1. The van der Waals surface area contributed by atoms with E-state index in [2.05, 4.69) is 28.5 Å². The van der Waals surface area contributed by atoms with E-state index < -0.39 is 0 Å². The first kappa shape index (κ1) is 19.6. The molecule has 1 N–H and O–H groups in total. The summed E-state index contributed by atoms with van der Waals surface area (Å²) in [5.74, 6) is 3.36. The van der Waals surface area contributed by atoms with E-state index in [-0.39, 0.29) is 24.3 Å². The van der Waals surface area contributed by atoms with Crippen LogP contribution in [0.3, 0.4) is 0 Å². The van der Waals surface area contributed by atoms with Crippen molar-refractivity contribution < 1.29 is 14.3 Å². The Labute approximate surface area is 179 Å². The van der Waals surface area contributed by atoms with Gasteiger partial charge in [0, 0.05) is 33.7 Å². The fraction of sp³-hybridized carbons (Fsp3) is 0.565. The second-order valence-corrected chi connectivity index (χ2v) is 11.6. The summed E-state index contributed by atoms with van der Waals surface area (Å²) in [5.41, 5.74) is 2.42. The number of carbonyl (C=O) groups excluding carboxylic acids is 2. The Morgan fingerprint density at radius 3 is 2.55 bits per heavy atom. The first-order valence-electron chi connectivity index (χ1n) is 10.6. The van der Waals surface area contributed by atoms with Crippen LogP contribution in [0, 0.1) is 24.7 Å². The minimum absolute atomic E-state index is 0.0467. The number of benzene rings is 1. The summed E-state index contributed by atoms with van der Waals surface area (Å²) >= 11 is 4.29. The molecule has 2 bridgehead atoms. The fourth-order valence-electron chi connectivity index (χ4n) is 5.76. The van der Waals surface area contributed by atoms with E-state index in [0.717, 1.165) is 29.4 Å². The van der Waals surface area contributed by atoms with Crippen molar-refractivity contribution in [3.8, 4) is 0 Å². The lowest BCUT2D eigenvalue weighted by molar-refractivity contribution is -0.150. The molecule has 1 aliphatic heterocycles. The highest BCUT2D eigenvalue weighted by Crippen LogP contribution is 2.64. The van der Waals surface area contributed by atoms with Crippen molar-refractivity contribution in [3.63, 3.8) is 0 Å². The number of thioether (sulfide) groups is 2. The molecule has 1 saturated heterocycles. The van der Waals surface area contributed by atoms with Gasteiger partial charge in [0.25, 0.3) is 0 Å². The highest BCUT2D eigenvalue weighted by Gasteiger charge is 2.55. The zero-order valence-corrected chi connectivity index (χ0v) is 18.4. The second-order valence-electron chi connectivity index (χ2n) is 8.61. The van der Waals surface area contributed by atoms with Gasteiger partial charge in [-0.1, -0.05) is 24.6 Å². The fourth-order valence-corrected chi connectivity index (χ4v) is 9.70. The number of aromatic nitrogens is 1. The third kappa shape index (κ3) is 3.32. The molecule has 3 fully saturated rings. The molecule has 2 saturated carbocycles. The molecule has 29 heavy (non-hydrogen) atoms. The van der Waals surface area contributed by atoms with Crippen molar-refractivity contribution in [1.82, 2.24) is 4.98 Å². The summed E-state index contributed by atoms with van der Waals surface area (Å²) in [6.45, 7) is 1.73. The van der Waals surface area contributed by atoms with Gasteiger partial charge >= 0.3 is 5.97 Å². The van der Waals surface area contributed by atoms with Gasteiger partial charge in [0.2, 0.25) is 5.78 Å². The quantitative estimate of drug-likeness (QED) is 0.534. The highest BCUT2D eigenvalue weighted by atomic mass is 32.2. The van der Waals surface area contributed by atoms with Crippen molar-refractivity contribution >= 4 is 46.2 Å². The van der Waals surface area contributed by atoms with E-state index in [1.165, 1.54) is 30.8 Å². The Morgan fingerprint density at radius 2 is 1.83 bits per heavy atom. The summed E-state index contributed by atoms with van der Waals surface area (Å²) in [7, 11) is 0. The molecule has 154 valence electrons. The Morgan fingerprint density at radius 1 is 1.14 bits per heavy atom. The molecule has 5 rings (SSSR count). The maximum atomic E-state index is 12.9. The van der Waals surface area contributed by atoms with E-state index in [1.807, 2.05) is 31.2 Å². The van der Waals surface area contributed by atoms with E-state index in [1.54, 1.807) is 0 Å². The molecule has 2 aromatic rings. The zero-order valence-electron chi connectivity index (χ0n) is 16.7. The maximum absolute atomic E-state index is 12.9. The number of hydrogen-bond acceptors (Lipinski definition) is 5. The van der Waals surface area contributed by atoms with Crippen molar-refractivity contribution in [2.24, 2.45) is 17.8 Å². The minimum atomic E-state index is -0.171. The van der Waals surface area contributed by atoms with Crippen LogP contribution in [-0.4, -0.2) is 38.9 Å². The standard InChI is InChI=1S/C23H27NO3S2/c1-14-21(18-7-2-3-8-19(18)24-14)20(25)13-27-22(26)15-11-16-5-4-6-17(12-15)23(16)28-9-10-29-23/h2-3,7-8,15-17,24H,4-6,9-13H2,1H3. The number of rotatable bonds is 4. The topological polar surface area (TPSA) is 59.2 Å². The van der Waals surface area contributed by atoms with Gasteiger partial charge < -0.3 is 9.72 Å². The third-order valence-corrected chi connectivity index (χ3v) is 11.0. The lowest BCUT2D eigenvalue weighted by Crippen LogP contribution is -2.48. The number of Topliss-reactive ketones (excluding diaryl/α,β-unsaturated/α-hetero) is 1. The molecule has 3 aliphatic rings. The number of para-hydroxylation sites is 1. The Bertz CT molecular complexity index is 931. The molecule has 2 atom stereocenters. The normalized spacial score (nSPS) is 28.0. The third-order valence-electron chi connectivity index (χ3n) is 6.97. The predicted molar refractivity (Wildman–Crippen MR) is 120 cm³/mol. The number of ketones is 1. The first-order chi connectivity index (χ1) is 14.1. The van der Waals surface area contributed by atoms with E-state index in [0.29, 0.717) is 21.5 Å². The summed E-state index contributed by atoms with van der Waals surface area (Å²) in [6, 6.07) is 7.77. The number of H-pyrrole nitrogens is 1.